The van der Waals surface area contributed by atoms with Gasteiger partial charge in [0.2, 0.25) is 11.8 Å². The van der Waals surface area contributed by atoms with Crippen LogP contribution in [0, 0.1) is 11.2 Å². The lowest BCUT2D eigenvalue weighted by molar-refractivity contribution is -0.147. The van der Waals surface area contributed by atoms with E-state index in [0.29, 0.717) is 39.0 Å². The Labute approximate surface area is 167 Å². The van der Waals surface area contributed by atoms with Crippen molar-refractivity contribution in [3.63, 3.8) is 0 Å². The van der Waals surface area contributed by atoms with Gasteiger partial charge in [0.05, 0.1) is 12.0 Å². The summed E-state index contributed by atoms with van der Waals surface area (Å²) in [6.07, 6.45) is 2.11. The van der Waals surface area contributed by atoms with Crippen molar-refractivity contribution >= 4 is 23.8 Å². The molecule has 154 valence electrons. The Kier molecular flexibility index (Phi) is 4.97. The lowest BCUT2D eigenvalue weighted by atomic mass is 9.78. The van der Waals surface area contributed by atoms with E-state index in [4.69, 9.17) is 0 Å². The van der Waals surface area contributed by atoms with Crippen molar-refractivity contribution in [2.45, 2.75) is 25.8 Å². The number of hydrogen-bond acceptors (Lipinski definition) is 4. The van der Waals surface area contributed by atoms with Crippen molar-refractivity contribution in [1.82, 2.24) is 20.0 Å². The van der Waals surface area contributed by atoms with E-state index >= 15 is 0 Å². The molecule has 4 rings (SSSR count). The third-order valence-electron chi connectivity index (χ3n) is 6.05. The summed E-state index contributed by atoms with van der Waals surface area (Å²) in [5, 5.41) is 2.39. The Morgan fingerprint density at radius 2 is 1.86 bits per heavy atom. The normalized spacial score (nSPS) is 24.6. The van der Waals surface area contributed by atoms with Crippen LogP contribution in [0.4, 0.5) is 9.18 Å². The summed E-state index contributed by atoms with van der Waals surface area (Å²) in [5.41, 5.74) is 0.242. The number of halogens is 1. The summed E-state index contributed by atoms with van der Waals surface area (Å²) >= 11 is 0. The monoisotopic (exact) mass is 402 g/mol. The minimum absolute atomic E-state index is 0.0124. The quantitative estimate of drug-likeness (QED) is 0.752. The van der Waals surface area contributed by atoms with E-state index in [0.717, 1.165) is 16.9 Å². The summed E-state index contributed by atoms with van der Waals surface area (Å²) < 4.78 is 13.1. The molecule has 0 saturated carbocycles. The predicted molar refractivity (Wildman–Crippen MR) is 99.8 cm³/mol. The molecule has 1 spiro atoms. The molecular formula is C20H23FN4O4. The lowest BCUT2D eigenvalue weighted by Crippen LogP contribution is -2.50. The van der Waals surface area contributed by atoms with E-state index in [1.54, 1.807) is 21.9 Å². The second-order valence-corrected chi connectivity index (χ2v) is 7.94. The Bertz CT molecular complexity index is 843. The molecule has 3 heterocycles. The lowest BCUT2D eigenvalue weighted by Gasteiger charge is -2.39. The average molecular weight is 402 g/mol. The van der Waals surface area contributed by atoms with Gasteiger partial charge >= 0.3 is 6.03 Å². The van der Waals surface area contributed by atoms with Crippen molar-refractivity contribution in [2.24, 2.45) is 5.41 Å². The van der Waals surface area contributed by atoms with Crippen LogP contribution < -0.4 is 5.32 Å². The van der Waals surface area contributed by atoms with Gasteiger partial charge in [-0.15, -0.1) is 0 Å². The van der Waals surface area contributed by atoms with Gasteiger partial charge in [-0.05, 0) is 37.0 Å². The highest BCUT2D eigenvalue weighted by Gasteiger charge is 2.49. The molecule has 0 radical (unpaired) electrons. The zero-order valence-electron chi connectivity index (χ0n) is 16.0. The molecule has 0 aliphatic carbocycles. The standard InChI is InChI=1S/C20H23FN4O4/c21-15-4-2-14(3-5-15)11-23-8-1-6-20(18(23)28)7-9-24(13-20)17(27)12-25-16(26)10-22-19(25)29/h2-5H,1,6-13H2,(H,22,29)/t20-/m1/s1. The molecular weight excluding hydrogens is 379 g/mol. The fraction of sp³-hybridized carbons (Fsp3) is 0.500. The van der Waals surface area contributed by atoms with Crippen LogP contribution in [-0.4, -0.2) is 71.2 Å². The molecule has 1 aromatic rings. The summed E-state index contributed by atoms with van der Waals surface area (Å²) in [6, 6.07) is 5.55. The molecule has 29 heavy (non-hydrogen) atoms. The minimum Gasteiger partial charge on any atom is -0.340 e. The molecule has 8 nitrogen and oxygen atoms in total. The van der Waals surface area contributed by atoms with E-state index < -0.39 is 17.4 Å². The van der Waals surface area contributed by atoms with Crippen LogP contribution in [0.15, 0.2) is 24.3 Å². The Hall–Kier alpha value is -2.97. The van der Waals surface area contributed by atoms with Crippen LogP contribution in [0.25, 0.3) is 0 Å². The third kappa shape index (κ3) is 3.68. The molecule has 0 aromatic heterocycles. The highest BCUT2D eigenvalue weighted by molar-refractivity contribution is 6.04. The number of amides is 5. The van der Waals surface area contributed by atoms with E-state index in [9.17, 15) is 23.6 Å². The SMILES string of the molecule is O=C(CN1C(=O)CNC1=O)N1CC[C@]2(CCCN(Cc3ccc(F)cc3)C2=O)C1. The van der Waals surface area contributed by atoms with Crippen molar-refractivity contribution in [3.05, 3.63) is 35.6 Å². The highest BCUT2D eigenvalue weighted by atomic mass is 19.1. The highest BCUT2D eigenvalue weighted by Crippen LogP contribution is 2.40. The number of nitrogens with one attached hydrogen (secondary N) is 1. The Morgan fingerprint density at radius 3 is 2.55 bits per heavy atom. The maximum atomic E-state index is 13.2. The number of benzene rings is 1. The second kappa shape index (κ2) is 7.46. The summed E-state index contributed by atoms with van der Waals surface area (Å²) in [4.78, 5) is 53.5. The number of carbonyl (C=O) groups is 4. The molecule has 0 bridgehead atoms. The van der Waals surface area contributed by atoms with Crippen molar-refractivity contribution in [2.75, 3.05) is 32.7 Å². The number of hydrogen-bond donors (Lipinski definition) is 1. The van der Waals surface area contributed by atoms with Gasteiger partial charge in [-0.1, -0.05) is 12.1 Å². The molecule has 1 aromatic carbocycles. The van der Waals surface area contributed by atoms with E-state index in [1.165, 1.54) is 12.1 Å². The van der Waals surface area contributed by atoms with E-state index in [1.807, 2.05) is 0 Å². The van der Waals surface area contributed by atoms with Gasteiger partial charge in [0.1, 0.15) is 12.4 Å². The van der Waals surface area contributed by atoms with Crippen LogP contribution in [0.5, 0.6) is 0 Å². The Balaban J connectivity index is 1.41. The van der Waals surface area contributed by atoms with Gasteiger partial charge in [0, 0.05) is 26.2 Å². The van der Waals surface area contributed by atoms with Gasteiger partial charge in [0.25, 0.3) is 5.91 Å². The number of nitrogens with zero attached hydrogens (tertiary/aromatic N) is 3. The topological polar surface area (TPSA) is 90.0 Å². The van der Waals surface area contributed by atoms with Crippen LogP contribution in [0.1, 0.15) is 24.8 Å². The number of carbonyl (C=O) groups excluding carboxylic acids is 4. The molecule has 1 N–H and O–H groups in total. The number of likely N-dealkylation sites (tertiary alicyclic amines) is 2. The molecule has 3 fully saturated rings. The fourth-order valence-corrected chi connectivity index (χ4v) is 4.43. The smallest absolute Gasteiger partial charge is 0.325 e. The van der Waals surface area contributed by atoms with E-state index in [-0.39, 0.29) is 30.7 Å². The van der Waals surface area contributed by atoms with Gasteiger partial charge < -0.3 is 15.1 Å². The molecule has 9 heteroatoms. The largest absolute Gasteiger partial charge is 0.340 e. The number of urea groups is 1. The fourth-order valence-electron chi connectivity index (χ4n) is 4.43. The number of rotatable bonds is 4. The first-order chi connectivity index (χ1) is 13.9. The molecule has 3 aliphatic rings. The van der Waals surface area contributed by atoms with Gasteiger partial charge in [0.15, 0.2) is 0 Å². The van der Waals surface area contributed by atoms with Crippen LogP contribution >= 0.6 is 0 Å². The molecule has 0 unspecified atom stereocenters. The first-order valence-corrected chi connectivity index (χ1v) is 9.78. The third-order valence-corrected chi connectivity index (χ3v) is 6.05. The second-order valence-electron chi connectivity index (χ2n) is 7.94. The number of piperidine rings is 1. The minimum atomic E-state index is -0.620. The zero-order chi connectivity index (χ0) is 20.6. The van der Waals surface area contributed by atoms with Crippen LogP contribution in [-0.2, 0) is 20.9 Å². The van der Waals surface area contributed by atoms with Crippen molar-refractivity contribution < 1.29 is 23.6 Å². The molecule has 3 aliphatic heterocycles. The van der Waals surface area contributed by atoms with Gasteiger partial charge in [-0.3, -0.25) is 19.3 Å². The molecule has 5 amide bonds. The maximum Gasteiger partial charge on any atom is 0.325 e. The zero-order valence-corrected chi connectivity index (χ0v) is 16.0. The first kappa shape index (κ1) is 19.4. The Morgan fingerprint density at radius 1 is 1.10 bits per heavy atom. The van der Waals surface area contributed by atoms with E-state index in [2.05, 4.69) is 5.32 Å². The number of imide groups is 1. The summed E-state index contributed by atoms with van der Waals surface area (Å²) in [5.74, 6) is -1.05. The average Bonchev–Trinajstić information content (AvgIpc) is 3.27. The molecule has 3 saturated heterocycles. The first-order valence-electron chi connectivity index (χ1n) is 9.78. The van der Waals surface area contributed by atoms with Crippen LogP contribution in [0.2, 0.25) is 0 Å². The maximum absolute atomic E-state index is 13.2. The van der Waals surface area contributed by atoms with Crippen LogP contribution in [0.3, 0.4) is 0 Å². The summed E-state index contributed by atoms with van der Waals surface area (Å²) in [7, 11) is 0. The van der Waals surface area contributed by atoms with Gasteiger partial charge in [-0.2, -0.15) is 0 Å². The molecule has 1 atom stereocenters. The predicted octanol–water partition coefficient (Wildman–Crippen LogP) is 0.719. The summed E-state index contributed by atoms with van der Waals surface area (Å²) in [6.45, 7) is 1.39. The van der Waals surface area contributed by atoms with Gasteiger partial charge in [-0.25, -0.2) is 9.18 Å². The van der Waals surface area contributed by atoms with Crippen molar-refractivity contribution in [3.8, 4) is 0 Å². The van der Waals surface area contributed by atoms with Crippen molar-refractivity contribution in [1.29, 1.82) is 0 Å².